The maximum absolute atomic E-state index is 12.9. The van der Waals surface area contributed by atoms with Crippen LogP contribution < -0.4 is 5.32 Å². The van der Waals surface area contributed by atoms with Crippen LogP contribution >= 0.6 is 0 Å². The average Bonchev–Trinajstić information content (AvgIpc) is 2.46. The fourth-order valence-corrected chi connectivity index (χ4v) is 2.40. The average molecular weight is 277 g/mol. The van der Waals surface area contributed by atoms with Gasteiger partial charge in [0.05, 0.1) is 6.54 Å². The van der Waals surface area contributed by atoms with Gasteiger partial charge in [0.15, 0.2) is 5.96 Å². The van der Waals surface area contributed by atoms with Gasteiger partial charge in [-0.25, -0.2) is 9.38 Å². The van der Waals surface area contributed by atoms with Gasteiger partial charge in [0.25, 0.3) is 0 Å². The number of nitrogens with one attached hydrogen (secondary N) is 1. The second kappa shape index (κ2) is 7.27. The predicted octanol–water partition coefficient (Wildman–Crippen LogP) is 3.02. The second-order valence-electron chi connectivity index (χ2n) is 5.47. The van der Waals surface area contributed by atoms with Crippen LogP contribution in [0.15, 0.2) is 29.3 Å². The summed E-state index contributed by atoms with van der Waals surface area (Å²) in [5, 5.41) is 3.35. The van der Waals surface area contributed by atoms with Crippen molar-refractivity contribution in [1.29, 1.82) is 0 Å². The molecule has 1 aliphatic rings. The third-order valence-electron chi connectivity index (χ3n) is 3.74. The van der Waals surface area contributed by atoms with Crippen LogP contribution in [0.5, 0.6) is 0 Å². The molecule has 0 amide bonds. The number of rotatable bonds is 3. The number of hydrogen-bond acceptors (Lipinski definition) is 1. The summed E-state index contributed by atoms with van der Waals surface area (Å²) in [6.45, 7) is 7.98. The Kier molecular flexibility index (Phi) is 5.39. The molecule has 1 saturated heterocycles. The molecule has 1 aliphatic heterocycles. The SMILES string of the molecule is CCNC(=NCc1ccc(F)cc1)N1CCC(C)CC1. The minimum atomic E-state index is -0.199. The van der Waals surface area contributed by atoms with Gasteiger partial charge in [-0.2, -0.15) is 0 Å². The number of nitrogens with zero attached hydrogens (tertiary/aromatic N) is 2. The van der Waals surface area contributed by atoms with Crippen molar-refractivity contribution in [2.45, 2.75) is 33.2 Å². The van der Waals surface area contributed by atoms with Gasteiger partial charge in [0.2, 0.25) is 0 Å². The zero-order valence-electron chi connectivity index (χ0n) is 12.4. The van der Waals surface area contributed by atoms with Gasteiger partial charge in [0.1, 0.15) is 5.82 Å². The lowest BCUT2D eigenvalue weighted by atomic mass is 10.00. The zero-order chi connectivity index (χ0) is 14.4. The van der Waals surface area contributed by atoms with Crippen molar-refractivity contribution in [3.05, 3.63) is 35.6 Å². The Morgan fingerprint density at radius 3 is 2.55 bits per heavy atom. The van der Waals surface area contributed by atoms with E-state index in [9.17, 15) is 4.39 Å². The largest absolute Gasteiger partial charge is 0.357 e. The predicted molar refractivity (Wildman–Crippen MR) is 81.2 cm³/mol. The van der Waals surface area contributed by atoms with E-state index in [0.717, 1.165) is 37.1 Å². The van der Waals surface area contributed by atoms with Crippen molar-refractivity contribution < 1.29 is 4.39 Å². The topological polar surface area (TPSA) is 27.6 Å². The Bertz CT molecular complexity index is 434. The zero-order valence-corrected chi connectivity index (χ0v) is 12.4. The summed E-state index contributed by atoms with van der Waals surface area (Å²) in [5.74, 6) is 1.59. The highest BCUT2D eigenvalue weighted by Gasteiger charge is 2.18. The first-order valence-electron chi connectivity index (χ1n) is 7.46. The van der Waals surface area contributed by atoms with E-state index in [-0.39, 0.29) is 5.82 Å². The summed E-state index contributed by atoms with van der Waals surface area (Å²) < 4.78 is 12.9. The lowest BCUT2D eigenvalue weighted by Gasteiger charge is -2.33. The third kappa shape index (κ3) is 4.22. The number of piperidine rings is 1. The second-order valence-corrected chi connectivity index (χ2v) is 5.47. The number of guanidine groups is 1. The van der Waals surface area contributed by atoms with Crippen molar-refractivity contribution in [3.63, 3.8) is 0 Å². The Labute approximate surface area is 120 Å². The van der Waals surface area contributed by atoms with Gasteiger partial charge in [-0.05, 0) is 43.4 Å². The van der Waals surface area contributed by atoms with Crippen molar-refractivity contribution in [2.24, 2.45) is 10.9 Å². The quantitative estimate of drug-likeness (QED) is 0.679. The van der Waals surface area contributed by atoms with Gasteiger partial charge in [-0.1, -0.05) is 19.1 Å². The normalized spacial score (nSPS) is 17.4. The van der Waals surface area contributed by atoms with E-state index in [4.69, 9.17) is 0 Å². The molecule has 20 heavy (non-hydrogen) atoms. The van der Waals surface area contributed by atoms with Gasteiger partial charge in [-0.15, -0.1) is 0 Å². The van der Waals surface area contributed by atoms with Crippen LogP contribution in [0.3, 0.4) is 0 Å². The molecule has 1 fully saturated rings. The fourth-order valence-electron chi connectivity index (χ4n) is 2.40. The lowest BCUT2D eigenvalue weighted by molar-refractivity contribution is 0.273. The molecule has 1 heterocycles. The lowest BCUT2D eigenvalue weighted by Crippen LogP contribution is -2.45. The summed E-state index contributed by atoms with van der Waals surface area (Å²) >= 11 is 0. The fraction of sp³-hybridized carbons (Fsp3) is 0.562. The van der Waals surface area contributed by atoms with Gasteiger partial charge in [-0.3, -0.25) is 0 Å². The maximum atomic E-state index is 12.9. The summed E-state index contributed by atoms with van der Waals surface area (Å²) in [5.41, 5.74) is 1.03. The first-order chi connectivity index (χ1) is 9.69. The highest BCUT2D eigenvalue weighted by molar-refractivity contribution is 5.80. The number of hydrogen-bond donors (Lipinski definition) is 1. The molecular formula is C16H24FN3. The summed E-state index contributed by atoms with van der Waals surface area (Å²) in [7, 11) is 0. The van der Waals surface area contributed by atoms with Crippen molar-refractivity contribution in [1.82, 2.24) is 10.2 Å². The Morgan fingerprint density at radius 1 is 1.30 bits per heavy atom. The molecule has 4 heteroatoms. The molecule has 2 rings (SSSR count). The van der Waals surface area contributed by atoms with Crippen LogP contribution in [0.1, 0.15) is 32.3 Å². The van der Waals surface area contributed by atoms with Crippen LogP contribution in [0.2, 0.25) is 0 Å². The Hall–Kier alpha value is -1.58. The monoisotopic (exact) mass is 277 g/mol. The number of likely N-dealkylation sites (tertiary alicyclic amines) is 1. The van der Waals surface area contributed by atoms with Crippen LogP contribution in [0, 0.1) is 11.7 Å². The summed E-state index contributed by atoms with van der Waals surface area (Å²) in [4.78, 5) is 7.00. The molecule has 1 aromatic carbocycles. The minimum Gasteiger partial charge on any atom is -0.357 e. The molecule has 0 atom stereocenters. The molecule has 0 radical (unpaired) electrons. The molecule has 0 unspecified atom stereocenters. The van der Waals surface area contributed by atoms with E-state index in [1.165, 1.54) is 25.0 Å². The first kappa shape index (κ1) is 14.8. The molecule has 0 aliphatic carbocycles. The number of halogens is 1. The van der Waals surface area contributed by atoms with Crippen molar-refractivity contribution in [2.75, 3.05) is 19.6 Å². The van der Waals surface area contributed by atoms with E-state index in [1.807, 2.05) is 0 Å². The molecular weight excluding hydrogens is 253 g/mol. The molecule has 0 spiro atoms. The Morgan fingerprint density at radius 2 is 1.95 bits per heavy atom. The molecule has 0 aromatic heterocycles. The third-order valence-corrected chi connectivity index (χ3v) is 3.74. The standard InChI is InChI=1S/C16H24FN3/c1-3-18-16(20-10-8-13(2)9-11-20)19-12-14-4-6-15(17)7-5-14/h4-7,13H,3,8-12H2,1-2H3,(H,18,19). The van der Waals surface area contributed by atoms with Crippen molar-refractivity contribution in [3.8, 4) is 0 Å². The smallest absolute Gasteiger partial charge is 0.194 e. The van der Waals surface area contributed by atoms with Gasteiger partial charge >= 0.3 is 0 Å². The van der Waals surface area contributed by atoms with Gasteiger partial charge in [0, 0.05) is 19.6 Å². The first-order valence-corrected chi connectivity index (χ1v) is 7.46. The van der Waals surface area contributed by atoms with E-state index < -0.39 is 0 Å². The Balaban J connectivity index is 1.99. The highest BCUT2D eigenvalue weighted by Crippen LogP contribution is 2.16. The van der Waals surface area contributed by atoms with Crippen molar-refractivity contribution >= 4 is 5.96 Å². The molecule has 3 nitrogen and oxygen atoms in total. The molecule has 110 valence electrons. The van der Waals surface area contributed by atoms with Crippen LogP contribution in [-0.4, -0.2) is 30.5 Å². The molecule has 1 aromatic rings. The highest BCUT2D eigenvalue weighted by atomic mass is 19.1. The maximum Gasteiger partial charge on any atom is 0.194 e. The van der Waals surface area contributed by atoms with Gasteiger partial charge < -0.3 is 10.2 Å². The van der Waals surface area contributed by atoms with Crippen LogP contribution in [0.25, 0.3) is 0 Å². The van der Waals surface area contributed by atoms with Crippen LogP contribution in [-0.2, 0) is 6.54 Å². The number of benzene rings is 1. The number of aliphatic imine (C=N–C) groups is 1. The molecule has 0 bridgehead atoms. The minimum absolute atomic E-state index is 0.199. The van der Waals surface area contributed by atoms with E-state index in [1.54, 1.807) is 12.1 Å². The van der Waals surface area contributed by atoms with E-state index in [0.29, 0.717) is 6.54 Å². The summed E-state index contributed by atoms with van der Waals surface area (Å²) in [6.07, 6.45) is 2.45. The molecule has 1 N–H and O–H groups in total. The van der Waals surface area contributed by atoms with Crippen LogP contribution in [0.4, 0.5) is 4.39 Å². The summed E-state index contributed by atoms with van der Waals surface area (Å²) in [6, 6.07) is 6.56. The van der Waals surface area contributed by atoms with E-state index >= 15 is 0 Å². The van der Waals surface area contributed by atoms with E-state index in [2.05, 4.69) is 29.1 Å². The molecule has 0 saturated carbocycles.